The summed E-state index contributed by atoms with van der Waals surface area (Å²) >= 11 is 0. The van der Waals surface area contributed by atoms with E-state index in [2.05, 4.69) is 0 Å². The number of ketones is 1. The van der Waals surface area contributed by atoms with E-state index < -0.39 is 68.9 Å². The Bertz CT molecular complexity index is 1200. The van der Waals surface area contributed by atoms with Crippen molar-refractivity contribution in [3.63, 3.8) is 0 Å². The number of methoxy groups -OCH3 is 2. The molecule has 1 aliphatic carbocycles. The summed E-state index contributed by atoms with van der Waals surface area (Å²) in [4.78, 5) is 14.5. The molecule has 0 bridgehead atoms. The van der Waals surface area contributed by atoms with Crippen molar-refractivity contribution in [1.82, 2.24) is 4.90 Å². The predicted molar refractivity (Wildman–Crippen MR) is 122 cm³/mol. The van der Waals surface area contributed by atoms with E-state index in [0.717, 1.165) is 14.2 Å². The number of ether oxygens (including phenoxy) is 2. The minimum atomic E-state index is -3.80. The summed E-state index contributed by atoms with van der Waals surface area (Å²) in [5, 5.41) is 97.9. The highest BCUT2D eigenvalue weighted by Gasteiger charge is 2.75. The number of rotatable bonds is 6. The molecule has 1 atom stereocenters. The van der Waals surface area contributed by atoms with Crippen molar-refractivity contribution in [2.75, 3.05) is 27.3 Å². The Hall–Kier alpha value is -3.01. The van der Waals surface area contributed by atoms with Crippen molar-refractivity contribution in [2.45, 2.75) is 35.9 Å². The van der Waals surface area contributed by atoms with Crippen molar-refractivity contribution in [1.29, 1.82) is 0 Å². The summed E-state index contributed by atoms with van der Waals surface area (Å²) in [7, 11) is 2.12. The van der Waals surface area contributed by atoms with Gasteiger partial charge in [0.15, 0.2) is 11.5 Å². The van der Waals surface area contributed by atoms with Crippen molar-refractivity contribution in [3.8, 4) is 23.0 Å². The Balaban J connectivity index is 1.70. The molecule has 2 aliphatic rings. The molecule has 37 heavy (non-hydrogen) atoms. The number of aromatic hydroxyl groups is 2. The number of phenolic OH excluding ortho intramolecular Hbond substituents is 2. The molecule has 2 aromatic rings. The molecule has 13 heteroatoms. The van der Waals surface area contributed by atoms with Gasteiger partial charge in [0.2, 0.25) is 34.5 Å². The number of likely N-dealkylation sites (tertiary alicyclic amines) is 1. The number of aliphatic hydroxyl groups is 7. The Kier molecular flexibility index (Phi) is 6.42. The monoisotopic (exact) mass is 523 g/mol. The summed E-state index contributed by atoms with van der Waals surface area (Å²) < 4.78 is 9.85. The van der Waals surface area contributed by atoms with Gasteiger partial charge < -0.3 is 55.4 Å². The predicted octanol–water partition coefficient (Wildman–Crippen LogP) is -1.63. The highest BCUT2D eigenvalue weighted by Crippen LogP contribution is 2.60. The summed E-state index contributed by atoms with van der Waals surface area (Å²) in [6, 6.07) is 7.86. The molecule has 202 valence electrons. The van der Waals surface area contributed by atoms with Gasteiger partial charge in [-0.05, 0) is 12.8 Å². The van der Waals surface area contributed by atoms with E-state index in [4.69, 9.17) is 9.47 Å². The second-order valence-corrected chi connectivity index (χ2v) is 9.21. The first-order valence-electron chi connectivity index (χ1n) is 11.3. The van der Waals surface area contributed by atoms with Gasteiger partial charge in [0.25, 0.3) is 5.91 Å². The Labute approximate surface area is 210 Å². The fourth-order valence-electron chi connectivity index (χ4n) is 5.30. The molecule has 0 saturated carbocycles. The number of carbonyl (C=O) groups excluding carboxylic acids is 1. The fourth-order valence-corrected chi connectivity index (χ4v) is 5.30. The molecule has 9 N–H and O–H groups in total. The maximum Gasteiger partial charge on any atom is 0.253 e. The number of benzene rings is 2. The van der Waals surface area contributed by atoms with Crippen LogP contribution in [0.2, 0.25) is 0 Å². The zero-order chi connectivity index (χ0) is 27.6. The lowest BCUT2D eigenvalue weighted by atomic mass is 9.73. The lowest BCUT2D eigenvalue weighted by molar-refractivity contribution is -0.378. The Morgan fingerprint density at radius 2 is 1.41 bits per heavy atom. The minimum absolute atomic E-state index is 0.158. The molecule has 1 aliphatic heterocycles. The van der Waals surface area contributed by atoms with Crippen LogP contribution in [0.1, 0.15) is 34.3 Å². The topological polar surface area (TPSA) is 221 Å². The van der Waals surface area contributed by atoms with Crippen molar-refractivity contribution in [2.24, 2.45) is 5.92 Å². The van der Waals surface area contributed by atoms with E-state index in [9.17, 15) is 50.8 Å². The van der Waals surface area contributed by atoms with E-state index in [1.54, 1.807) is 18.2 Å². The summed E-state index contributed by atoms with van der Waals surface area (Å²) in [5.74, 6) is -16.1. The first-order chi connectivity index (χ1) is 17.2. The number of nitrogens with zero attached hydrogens (tertiary/aromatic N) is 1. The molecule has 1 saturated heterocycles. The summed E-state index contributed by atoms with van der Waals surface area (Å²) in [6.45, 7) is -0.316. The van der Waals surface area contributed by atoms with E-state index in [-0.39, 0.29) is 31.5 Å². The molecule has 0 amide bonds. The van der Waals surface area contributed by atoms with Crippen LogP contribution in [-0.4, -0.2) is 95.3 Å². The molecule has 0 spiro atoms. The van der Waals surface area contributed by atoms with Gasteiger partial charge in [-0.1, -0.05) is 30.3 Å². The average molecular weight is 523 g/mol. The third-order valence-corrected chi connectivity index (χ3v) is 7.38. The van der Waals surface area contributed by atoms with Gasteiger partial charge in [-0.2, -0.15) is 0 Å². The van der Waals surface area contributed by atoms with Crippen molar-refractivity contribution < 1.29 is 60.2 Å². The number of piperidine rings is 1. The van der Waals surface area contributed by atoms with Crippen LogP contribution in [0.25, 0.3) is 0 Å². The molecule has 1 fully saturated rings. The molecular weight excluding hydrogens is 494 g/mol. The molecule has 1 heterocycles. The highest BCUT2D eigenvalue weighted by atomic mass is 16.6. The first-order valence-corrected chi connectivity index (χ1v) is 11.3. The van der Waals surface area contributed by atoms with Crippen LogP contribution in [0.4, 0.5) is 0 Å². The van der Waals surface area contributed by atoms with Gasteiger partial charge in [0, 0.05) is 24.6 Å². The molecule has 0 radical (unpaired) electrons. The molecule has 13 nitrogen and oxygen atoms in total. The zero-order valence-corrected chi connectivity index (χ0v) is 20.0. The second-order valence-electron chi connectivity index (χ2n) is 9.21. The minimum Gasteiger partial charge on any atom is -0.504 e. The quantitative estimate of drug-likeness (QED) is 0.153. The number of carbonyl (C=O) groups is 1. The van der Waals surface area contributed by atoms with Crippen LogP contribution in [-0.2, 0) is 11.7 Å². The summed E-state index contributed by atoms with van der Waals surface area (Å²) in [5.41, 5.74) is -5.72. The Morgan fingerprint density at radius 3 is 1.92 bits per heavy atom. The smallest absolute Gasteiger partial charge is 0.253 e. The van der Waals surface area contributed by atoms with Crippen LogP contribution >= 0.6 is 0 Å². The van der Waals surface area contributed by atoms with Crippen LogP contribution < -0.4 is 9.47 Å². The molecule has 4 rings (SSSR count). The molecule has 1 unspecified atom stereocenters. The lowest BCUT2D eigenvalue weighted by Crippen LogP contribution is -2.71. The van der Waals surface area contributed by atoms with Crippen molar-refractivity contribution in [3.05, 3.63) is 47.0 Å². The average Bonchev–Trinajstić information content (AvgIpc) is 3.05. The van der Waals surface area contributed by atoms with Gasteiger partial charge in [-0.15, -0.1) is 0 Å². The number of hydrogen-bond donors (Lipinski definition) is 9. The van der Waals surface area contributed by atoms with Gasteiger partial charge >= 0.3 is 0 Å². The highest BCUT2D eigenvalue weighted by molar-refractivity contribution is 6.12. The third-order valence-electron chi connectivity index (χ3n) is 7.38. The van der Waals surface area contributed by atoms with Crippen LogP contribution in [0.5, 0.6) is 23.0 Å². The fraction of sp³-hybridized carbons (Fsp3) is 0.458. The zero-order valence-electron chi connectivity index (χ0n) is 20.0. The van der Waals surface area contributed by atoms with E-state index in [1.165, 1.54) is 17.0 Å². The van der Waals surface area contributed by atoms with Gasteiger partial charge in [0.05, 0.1) is 25.3 Å². The van der Waals surface area contributed by atoms with Gasteiger partial charge in [-0.25, -0.2) is 4.90 Å². The number of fused-ring (bicyclic) bond motifs is 1. The molecular formula is C24H29NO12. The van der Waals surface area contributed by atoms with Crippen LogP contribution in [0, 0.1) is 5.92 Å². The first kappa shape index (κ1) is 27.0. The summed E-state index contributed by atoms with van der Waals surface area (Å²) in [6.07, 6.45) is -0.481. The normalized spacial score (nSPS) is 22.7. The maximum absolute atomic E-state index is 13.3. The maximum atomic E-state index is 13.3. The van der Waals surface area contributed by atoms with Crippen molar-refractivity contribution >= 4 is 5.78 Å². The van der Waals surface area contributed by atoms with Crippen LogP contribution in [0.3, 0.4) is 0 Å². The van der Waals surface area contributed by atoms with E-state index in [1.807, 2.05) is 0 Å². The Morgan fingerprint density at radius 1 is 0.892 bits per heavy atom. The second kappa shape index (κ2) is 8.79. The lowest BCUT2D eigenvalue weighted by Gasteiger charge is -2.48. The standard InChI is InChI=1S/C24H29NO12/c1-36-18-16(26)14-15(17(27)19(18)37-2)23(32,33)21(29,20(14)28)22(30,31)12-8-10-25(11-9-12)24(34,35)13-6-4-3-5-7-13/h3-7,12,26-27,29-35H,8-11H2,1-2H3. The number of Topliss-reactive ketones (excluding diaryl/α,β-unsaturated/α-hetero) is 1. The van der Waals surface area contributed by atoms with Gasteiger partial charge in [-0.3, -0.25) is 4.79 Å². The largest absolute Gasteiger partial charge is 0.504 e. The number of hydrogen-bond acceptors (Lipinski definition) is 13. The molecule has 2 aromatic carbocycles. The number of phenols is 2. The SMILES string of the molecule is COc1c(O)c2c(c(O)c1OC)C(O)(O)C(O)(C(O)(O)C1CCN(C(O)(O)c3ccccc3)CC1)C2=O. The van der Waals surface area contributed by atoms with Crippen LogP contribution in [0.15, 0.2) is 30.3 Å². The van der Waals surface area contributed by atoms with Gasteiger partial charge in [0.1, 0.15) is 0 Å². The van der Waals surface area contributed by atoms with E-state index in [0.29, 0.717) is 0 Å². The molecule has 0 aromatic heterocycles. The third kappa shape index (κ3) is 3.51. The van der Waals surface area contributed by atoms with E-state index >= 15 is 0 Å².